The quantitative estimate of drug-likeness (QED) is 0.408. The number of halogens is 1. The van der Waals surface area contributed by atoms with Gasteiger partial charge >= 0.3 is 0 Å². The molecule has 0 spiro atoms. The van der Waals surface area contributed by atoms with E-state index in [-0.39, 0.29) is 28.3 Å². The number of nitrogens with zero attached hydrogens (tertiary/aromatic N) is 3. The minimum absolute atomic E-state index is 0.0887. The van der Waals surface area contributed by atoms with E-state index in [1.807, 2.05) is 51.1 Å². The number of hydrogen-bond acceptors (Lipinski definition) is 5. The highest BCUT2D eigenvalue weighted by Crippen LogP contribution is 2.47. The number of carbonyl (C=O) groups excluding carboxylic acids is 2. The van der Waals surface area contributed by atoms with Gasteiger partial charge in [-0.05, 0) is 47.1 Å². The minimum atomic E-state index is -0.458. The molecule has 1 amide bonds. The van der Waals surface area contributed by atoms with Crippen molar-refractivity contribution in [1.82, 2.24) is 20.5 Å². The largest absolute Gasteiger partial charge is 0.350 e. The van der Waals surface area contributed by atoms with Gasteiger partial charge in [0.1, 0.15) is 17.3 Å². The zero-order valence-corrected chi connectivity index (χ0v) is 23.0. The SMILES string of the molecule is CC(C)(C)CNC(=O)c1[nH]nc2c1C(/C=C/c1ccc(-c3cccc(F)c3)cn1)C1C(=O)CC(C)(C)CC1=N2. The number of aromatic amines is 1. The number of fused-ring (bicyclic) bond motifs is 2. The van der Waals surface area contributed by atoms with Crippen molar-refractivity contribution < 1.29 is 14.0 Å². The topological polar surface area (TPSA) is 100 Å². The highest BCUT2D eigenvalue weighted by molar-refractivity contribution is 6.11. The Bertz CT molecular complexity index is 1480. The van der Waals surface area contributed by atoms with E-state index in [0.29, 0.717) is 42.2 Å². The number of aromatic nitrogens is 3. The summed E-state index contributed by atoms with van der Waals surface area (Å²) >= 11 is 0. The number of benzene rings is 1. The number of hydrogen-bond donors (Lipinski definition) is 2. The normalized spacial score (nSPS) is 20.4. The summed E-state index contributed by atoms with van der Waals surface area (Å²) < 4.78 is 13.7. The first-order valence-corrected chi connectivity index (χ1v) is 13.3. The smallest absolute Gasteiger partial charge is 0.269 e. The number of carbonyl (C=O) groups is 2. The molecule has 39 heavy (non-hydrogen) atoms. The number of rotatable bonds is 5. The molecule has 202 valence electrons. The number of allylic oxidation sites excluding steroid dienone is 1. The lowest BCUT2D eigenvalue weighted by atomic mass is 9.65. The zero-order valence-electron chi connectivity index (χ0n) is 23.0. The van der Waals surface area contributed by atoms with E-state index >= 15 is 0 Å². The molecule has 5 rings (SSSR count). The average Bonchev–Trinajstić information content (AvgIpc) is 3.28. The van der Waals surface area contributed by atoms with Gasteiger partial charge in [-0.3, -0.25) is 19.7 Å². The fourth-order valence-electron chi connectivity index (χ4n) is 5.35. The standard InChI is InChI=1S/C31H34FN5O2/c1-30(2,3)17-34-29(39)27-26-22(25-23(35-28(26)37-36-27)14-31(4,5)15-24(25)38)12-11-21-10-9-19(16-33-21)18-7-6-8-20(32)13-18/h6-13,16,22,25H,14-15,17H2,1-5H3,(H,34,39)(H,36,37)/b12-11+. The van der Waals surface area contributed by atoms with Gasteiger partial charge in [-0.15, -0.1) is 0 Å². The fourth-order valence-corrected chi connectivity index (χ4v) is 5.35. The molecule has 2 aromatic heterocycles. The molecular formula is C31H34FN5O2. The predicted molar refractivity (Wildman–Crippen MR) is 150 cm³/mol. The van der Waals surface area contributed by atoms with Crippen LogP contribution in [0.15, 0.2) is 53.7 Å². The molecule has 2 unspecified atom stereocenters. The highest BCUT2D eigenvalue weighted by atomic mass is 19.1. The summed E-state index contributed by atoms with van der Waals surface area (Å²) in [4.78, 5) is 36.0. The molecule has 1 aliphatic carbocycles. The van der Waals surface area contributed by atoms with Gasteiger partial charge in [0.15, 0.2) is 5.82 Å². The summed E-state index contributed by atoms with van der Waals surface area (Å²) in [5.41, 5.74) is 3.74. The first-order valence-electron chi connectivity index (χ1n) is 13.3. The first-order chi connectivity index (χ1) is 18.4. The van der Waals surface area contributed by atoms with Gasteiger partial charge in [-0.1, -0.05) is 58.9 Å². The van der Waals surface area contributed by atoms with Crippen molar-refractivity contribution in [2.75, 3.05) is 6.54 Å². The van der Waals surface area contributed by atoms with Crippen molar-refractivity contribution in [2.45, 2.75) is 53.4 Å². The van der Waals surface area contributed by atoms with Crippen molar-refractivity contribution in [1.29, 1.82) is 0 Å². The van der Waals surface area contributed by atoms with Crippen LogP contribution in [0.2, 0.25) is 0 Å². The molecule has 1 saturated carbocycles. The Morgan fingerprint density at radius 3 is 2.67 bits per heavy atom. The number of H-pyrrole nitrogens is 1. The molecule has 1 aliphatic heterocycles. The Morgan fingerprint density at radius 2 is 1.97 bits per heavy atom. The summed E-state index contributed by atoms with van der Waals surface area (Å²) in [6, 6.07) is 10.1. The predicted octanol–water partition coefficient (Wildman–Crippen LogP) is 6.28. The van der Waals surface area contributed by atoms with Crippen LogP contribution < -0.4 is 5.32 Å². The van der Waals surface area contributed by atoms with Gasteiger partial charge in [0.25, 0.3) is 5.91 Å². The lowest BCUT2D eigenvalue weighted by Crippen LogP contribution is -2.42. The van der Waals surface area contributed by atoms with Crippen molar-refractivity contribution in [2.24, 2.45) is 21.7 Å². The molecule has 3 heterocycles. The molecular weight excluding hydrogens is 493 g/mol. The maximum absolute atomic E-state index is 13.7. The second kappa shape index (κ2) is 9.98. The van der Waals surface area contributed by atoms with E-state index < -0.39 is 11.8 Å². The Morgan fingerprint density at radius 1 is 1.18 bits per heavy atom. The number of ketones is 1. The summed E-state index contributed by atoms with van der Waals surface area (Å²) in [6.07, 6.45) is 6.63. The summed E-state index contributed by atoms with van der Waals surface area (Å²) in [5, 5.41) is 10.3. The van der Waals surface area contributed by atoms with Crippen molar-refractivity contribution in [3.8, 4) is 11.1 Å². The van der Waals surface area contributed by atoms with E-state index in [1.54, 1.807) is 12.3 Å². The van der Waals surface area contributed by atoms with E-state index in [4.69, 9.17) is 4.99 Å². The number of nitrogens with one attached hydrogen (secondary N) is 2. The molecule has 8 heteroatoms. The molecule has 1 aromatic carbocycles. The molecule has 0 radical (unpaired) electrons. The van der Waals surface area contributed by atoms with E-state index in [2.05, 4.69) is 34.3 Å². The Hall–Kier alpha value is -3.94. The third-order valence-electron chi connectivity index (χ3n) is 7.17. The van der Waals surface area contributed by atoms with Gasteiger partial charge in [-0.2, -0.15) is 5.10 Å². The number of pyridine rings is 1. The molecule has 2 atom stereocenters. The van der Waals surface area contributed by atoms with Crippen LogP contribution in [0.25, 0.3) is 17.2 Å². The van der Waals surface area contributed by atoms with Crippen LogP contribution in [0.1, 0.15) is 75.1 Å². The average molecular weight is 528 g/mol. The van der Waals surface area contributed by atoms with Gasteiger partial charge in [-0.25, -0.2) is 9.38 Å². The fraction of sp³-hybridized carbons (Fsp3) is 0.387. The van der Waals surface area contributed by atoms with Gasteiger partial charge in [0, 0.05) is 41.9 Å². The molecule has 0 bridgehead atoms. The molecule has 7 nitrogen and oxygen atoms in total. The zero-order chi connectivity index (χ0) is 27.9. The summed E-state index contributed by atoms with van der Waals surface area (Å²) in [6.45, 7) is 10.8. The van der Waals surface area contributed by atoms with Crippen molar-refractivity contribution in [3.05, 3.63) is 71.4 Å². The van der Waals surface area contributed by atoms with Crippen LogP contribution in [0, 0.1) is 22.6 Å². The number of aliphatic imine (C=N–C) groups is 1. The van der Waals surface area contributed by atoms with Gasteiger partial charge in [0.05, 0.1) is 11.6 Å². The van der Waals surface area contributed by atoms with Crippen LogP contribution in [0.4, 0.5) is 10.2 Å². The third kappa shape index (κ3) is 5.75. The lowest BCUT2D eigenvalue weighted by Gasteiger charge is -2.39. The van der Waals surface area contributed by atoms with Crippen LogP contribution >= 0.6 is 0 Å². The monoisotopic (exact) mass is 527 g/mol. The van der Waals surface area contributed by atoms with Gasteiger partial charge < -0.3 is 5.32 Å². The molecule has 1 fully saturated rings. The third-order valence-corrected chi connectivity index (χ3v) is 7.17. The summed E-state index contributed by atoms with van der Waals surface area (Å²) in [5.74, 6) is -0.865. The first kappa shape index (κ1) is 26.7. The van der Waals surface area contributed by atoms with E-state index in [0.717, 1.165) is 16.8 Å². The van der Waals surface area contributed by atoms with Gasteiger partial charge in [0.2, 0.25) is 0 Å². The maximum atomic E-state index is 13.7. The maximum Gasteiger partial charge on any atom is 0.269 e. The second-order valence-electron chi connectivity index (χ2n) is 12.5. The van der Waals surface area contributed by atoms with E-state index in [1.165, 1.54) is 12.1 Å². The molecule has 3 aromatic rings. The Balaban J connectivity index is 1.50. The van der Waals surface area contributed by atoms with Crippen LogP contribution in [-0.4, -0.2) is 39.1 Å². The number of Topliss-reactive ketones (excluding diaryl/α,β-unsaturated/α-hetero) is 1. The lowest BCUT2D eigenvalue weighted by molar-refractivity contribution is -0.124. The van der Waals surface area contributed by atoms with Crippen LogP contribution in [0.3, 0.4) is 0 Å². The van der Waals surface area contributed by atoms with Crippen LogP contribution in [-0.2, 0) is 4.79 Å². The van der Waals surface area contributed by atoms with Crippen LogP contribution in [0.5, 0.6) is 0 Å². The summed E-state index contributed by atoms with van der Waals surface area (Å²) in [7, 11) is 0. The minimum Gasteiger partial charge on any atom is -0.350 e. The molecule has 2 aliphatic rings. The van der Waals surface area contributed by atoms with E-state index in [9.17, 15) is 14.0 Å². The second-order valence-corrected chi connectivity index (χ2v) is 12.5. The molecule has 2 N–H and O–H groups in total. The Labute approximate surface area is 228 Å². The Kier molecular flexibility index (Phi) is 6.83. The number of amides is 1. The van der Waals surface area contributed by atoms with Crippen molar-refractivity contribution >= 4 is 29.3 Å². The molecule has 0 saturated heterocycles. The van der Waals surface area contributed by atoms with Crippen molar-refractivity contribution in [3.63, 3.8) is 0 Å². The highest BCUT2D eigenvalue weighted by Gasteiger charge is 2.46.